The van der Waals surface area contributed by atoms with Crippen LogP contribution in [0.1, 0.15) is 21.6 Å². The van der Waals surface area contributed by atoms with Crippen molar-refractivity contribution in [1.29, 1.82) is 0 Å². The third-order valence-corrected chi connectivity index (χ3v) is 4.84. The maximum absolute atomic E-state index is 13.5. The zero-order chi connectivity index (χ0) is 21.5. The lowest BCUT2D eigenvalue weighted by atomic mass is 10.0. The molecule has 11 heteroatoms. The molecule has 1 aliphatic rings. The molecule has 0 aliphatic carbocycles. The number of hydrogen-bond acceptors (Lipinski definition) is 6. The van der Waals surface area contributed by atoms with Crippen LogP contribution in [0.4, 0.5) is 18.9 Å². The van der Waals surface area contributed by atoms with E-state index < -0.39 is 35.4 Å². The van der Waals surface area contributed by atoms with Crippen molar-refractivity contribution in [2.24, 2.45) is 0 Å². The number of carbonyl (C=O) groups is 2. The number of rotatable bonds is 6. The van der Waals surface area contributed by atoms with Crippen LogP contribution in [-0.2, 0) is 17.4 Å². The van der Waals surface area contributed by atoms with Gasteiger partial charge in [-0.2, -0.15) is 13.2 Å². The van der Waals surface area contributed by atoms with E-state index in [1.165, 1.54) is 6.07 Å². The van der Waals surface area contributed by atoms with E-state index in [2.05, 4.69) is 15.6 Å². The fourth-order valence-electron chi connectivity index (χ4n) is 3.50. The molecule has 0 bridgehead atoms. The molecule has 29 heavy (non-hydrogen) atoms. The number of aromatic amines is 1. The van der Waals surface area contributed by atoms with Gasteiger partial charge in [0.1, 0.15) is 11.7 Å². The number of likely N-dealkylation sites (N-methyl/N-ethyl adjacent to an activating group) is 2. The lowest BCUT2D eigenvalue weighted by Gasteiger charge is -2.22. The van der Waals surface area contributed by atoms with Gasteiger partial charge >= 0.3 is 18.1 Å². The Kier molecular flexibility index (Phi) is 5.46. The van der Waals surface area contributed by atoms with Crippen LogP contribution in [0.3, 0.4) is 0 Å². The number of alkyl halides is 3. The first kappa shape index (κ1) is 20.9. The molecule has 0 fully saturated rings. The molecular formula is C18H21F3N4O4. The highest BCUT2D eigenvalue weighted by atomic mass is 19.4. The summed E-state index contributed by atoms with van der Waals surface area (Å²) in [7, 11) is 4.99. The quantitative estimate of drug-likeness (QED) is 0.423. The number of hydrogen-bond donors (Lipinski definition) is 4. The molecule has 1 aromatic heterocycles. The van der Waals surface area contributed by atoms with Gasteiger partial charge in [0, 0.05) is 30.2 Å². The molecule has 1 aromatic carbocycles. The minimum absolute atomic E-state index is 0.0925. The third kappa shape index (κ3) is 3.75. The molecule has 1 unspecified atom stereocenters. The molecule has 8 nitrogen and oxygen atoms in total. The standard InChI is InChI=1S/C18H21F3N4O4/c1-22-7-10(25(2)3)17(28)29-11-6-9-8(4-5-23-9)12-13(16(26)27)15(18(19,20)21)24-14(11)12/h6,10,22-24H,4-5,7H2,1-3H3,(H,26,27). The zero-order valence-corrected chi connectivity index (χ0v) is 16.0. The summed E-state index contributed by atoms with van der Waals surface area (Å²) in [6.45, 7) is 0.699. The van der Waals surface area contributed by atoms with Crippen LogP contribution in [0, 0.1) is 0 Å². The topological polar surface area (TPSA) is 107 Å². The van der Waals surface area contributed by atoms with Crippen molar-refractivity contribution in [3.8, 4) is 5.75 Å². The molecule has 4 N–H and O–H groups in total. The van der Waals surface area contributed by atoms with Crippen molar-refractivity contribution in [3.63, 3.8) is 0 Å². The highest BCUT2D eigenvalue weighted by Gasteiger charge is 2.41. The fourth-order valence-corrected chi connectivity index (χ4v) is 3.50. The van der Waals surface area contributed by atoms with Gasteiger partial charge in [0.05, 0.1) is 11.1 Å². The maximum Gasteiger partial charge on any atom is 0.432 e. The van der Waals surface area contributed by atoms with Crippen LogP contribution in [0.15, 0.2) is 6.07 Å². The number of halogens is 3. The van der Waals surface area contributed by atoms with E-state index in [-0.39, 0.29) is 23.2 Å². The molecule has 0 saturated heterocycles. The van der Waals surface area contributed by atoms with E-state index in [1.54, 1.807) is 26.0 Å². The summed E-state index contributed by atoms with van der Waals surface area (Å²) >= 11 is 0. The van der Waals surface area contributed by atoms with E-state index in [9.17, 15) is 27.9 Å². The second-order valence-electron chi connectivity index (χ2n) is 6.96. The first-order chi connectivity index (χ1) is 13.6. The summed E-state index contributed by atoms with van der Waals surface area (Å²) in [5.41, 5.74) is -1.51. The Labute approximate surface area is 164 Å². The Morgan fingerprint density at radius 1 is 1.38 bits per heavy atom. The number of carboxylic acids is 1. The monoisotopic (exact) mass is 414 g/mol. The fraction of sp³-hybridized carbons (Fsp3) is 0.444. The van der Waals surface area contributed by atoms with Crippen molar-refractivity contribution in [2.45, 2.75) is 18.6 Å². The SMILES string of the molecule is CNCC(C(=O)Oc1cc2c(c3c(C(=O)O)c(C(F)(F)F)[nH]c13)CCN2)N(C)C. The Hall–Kier alpha value is -2.79. The van der Waals surface area contributed by atoms with E-state index >= 15 is 0 Å². The van der Waals surface area contributed by atoms with E-state index in [1.807, 2.05) is 0 Å². The summed E-state index contributed by atoms with van der Waals surface area (Å²) in [4.78, 5) is 28.1. The van der Waals surface area contributed by atoms with Crippen LogP contribution in [0.5, 0.6) is 5.75 Å². The van der Waals surface area contributed by atoms with E-state index in [0.29, 0.717) is 24.2 Å². The summed E-state index contributed by atoms with van der Waals surface area (Å²) in [6, 6.07) is 0.740. The number of carboxylic acid groups (broad SMARTS) is 1. The molecule has 2 heterocycles. The van der Waals surface area contributed by atoms with Crippen LogP contribution >= 0.6 is 0 Å². The van der Waals surface area contributed by atoms with E-state index in [0.717, 1.165) is 0 Å². The lowest BCUT2D eigenvalue weighted by Crippen LogP contribution is -2.45. The molecule has 3 rings (SSSR count). The predicted octanol–water partition coefficient (Wildman–Crippen LogP) is 1.91. The van der Waals surface area contributed by atoms with Gasteiger partial charge in [-0.05, 0) is 33.1 Å². The number of esters is 1. The van der Waals surface area contributed by atoms with E-state index in [4.69, 9.17) is 4.74 Å². The van der Waals surface area contributed by atoms with Crippen molar-refractivity contribution in [3.05, 3.63) is 22.9 Å². The molecular weight excluding hydrogens is 393 g/mol. The second kappa shape index (κ2) is 7.56. The minimum atomic E-state index is -4.91. The van der Waals surface area contributed by atoms with Gasteiger partial charge in [-0.15, -0.1) is 0 Å². The number of H-pyrrole nitrogens is 1. The number of ether oxygens (including phenoxy) is 1. The summed E-state index contributed by atoms with van der Waals surface area (Å²) < 4.78 is 45.9. The van der Waals surface area contributed by atoms with Gasteiger partial charge in [-0.3, -0.25) is 4.90 Å². The minimum Gasteiger partial charge on any atom is -0.478 e. The van der Waals surface area contributed by atoms with Crippen molar-refractivity contribution >= 4 is 28.5 Å². The normalized spacial score (nSPS) is 14.7. The molecule has 0 amide bonds. The number of aromatic carboxylic acids is 1. The Morgan fingerprint density at radius 3 is 2.62 bits per heavy atom. The van der Waals surface area contributed by atoms with Gasteiger partial charge < -0.3 is 25.5 Å². The summed E-state index contributed by atoms with van der Waals surface area (Å²) in [5, 5.41) is 15.2. The van der Waals surface area contributed by atoms with Crippen molar-refractivity contribution in [1.82, 2.24) is 15.2 Å². The summed E-state index contributed by atoms with van der Waals surface area (Å²) in [6.07, 6.45) is -4.55. The third-order valence-electron chi connectivity index (χ3n) is 4.84. The highest BCUT2D eigenvalue weighted by Crippen LogP contribution is 2.44. The predicted molar refractivity (Wildman–Crippen MR) is 99.5 cm³/mol. The number of carbonyl (C=O) groups excluding carboxylic acids is 1. The number of aromatic nitrogens is 1. The number of fused-ring (bicyclic) bond motifs is 3. The van der Waals surface area contributed by atoms with Crippen LogP contribution < -0.4 is 15.4 Å². The molecule has 0 radical (unpaired) electrons. The first-order valence-corrected chi connectivity index (χ1v) is 8.84. The summed E-state index contributed by atoms with van der Waals surface area (Å²) in [5.74, 6) is -2.54. The largest absolute Gasteiger partial charge is 0.478 e. The Bertz CT molecular complexity index is 968. The van der Waals surface area contributed by atoms with Gasteiger partial charge in [-0.1, -0.05) is 0 Å². The maximum atomic E-state index is 13.5. The first-order valence-electron chi connectivity index (χ1n) is 8.84. The lowest BCUT2D eigenvalue weighted by molar-refractivity contribution is -0.141. The van der Waals surface area contributed by atoms with Gasteiger partial charge in [0.2, 0.25) is 0 Å². The second-order valence-corrected chi connectivity index (χ2v) is 6.96. The number of benzene rings is 1. The van der Waals surface area contributed by atoms with Crippen LogP contribution in [0.25, 0.3) is 10.9 Å². The molecule has 0 spiro atoms. The van der Waals surface area contributed by atoms with Crippen LogP contribution in [0.2, 0.25) is 0 Å². The molecule has 2 aromatic rings. The smallest absolute Gasteiger partial charge is 0.432 e. The van der Waals surface area contributed by atoms with Gasteiger partial charge in [0.15, 0.2) is 5.75 Å². The van der Waals surface area contributed by atoms with Crippen LogP contribution in [-0.4, -0.2) is 67.2 Å². The molecule has 1 aliphatic heterocycles. The van der Waals surface area contributed by atoms with Crippen molar-refractivity contribution < 1.29 is 32.6 Å². The number of nitrogens with one attached hydrogen (secondary N) is 3. The number of anilines is 1. The van der Waals surface area contributed by atoms with Gasteiger partial charge in [0.25, 0.3) is 0 Å². The average molecular weight is 414 g/mol. The zero-order valence-electron chi connectivity index (χ0n) is 16.0. The average Bonchev–Trinajstić information content (AvgIpc) is 3.22. The molecule has 0 saturated carbocycles. The number of nitrogens with zero attached hydrogens (tertiary/aromatic N) is 1. The highest BCUT2D eigenvalue weighted by molar-refractivity contribution is 6.10. The molecule has 158 valence electrons. The molecule has 1 atom stereocenters. The Morgan fingerprint density at radius 2 is 2.07 bits per heavy atom. The Balaban J connectivity index is 2.20. The van der Waals surface area contributed by atoms with Crippen molar-refractivity contribution in [2.75, 3.05) is 39.5 Å². The van der Waals surface area contributed by atoms with Gasteiger partial charge in [-0.25, -0.2) is 9.59 Å².